The number of likely N-dealkylation sites (tertiary alicyclic amines) is 1. The van der Waals surface area contributed by atoms with Gasteiger partial charge < -0.3 is 15.4 Å². The van der Waals surface area contributed by atoms with E-state index in [1.165, 1.54) is 0 Å². The second-order valence-electron chi connectivity index (χ2n) is 4.65. The lowest BCUT2D eigenvalue weighted by Gasteiger charge is -2.32. The van der Waals surface area contributed by atoms with Gasteiger partial charge in [0.2, 0.25) is 5.91 Å². The minimum absolute atomic E-state index is 0.00996. The van der Waals surface area contributed by atoms with Crippen molar-refractivity contribution in [2.45, 2.75) is 25.0 Å². The Morgan fingerprint density at radius 1 is 1.33 bits per heavy atom. The van der Waals surface area contributed by atoms with Crippen LogP contribution in [0.2, 0.25) is 0 Å². The molecule has 1 saturated heterocycles. The highest BCUT2D eigenvalue weighted by Crippen LogP contribution is 2.18. The van der Waals surface area contributed by atoms with Crippen molar-refractivity contribution in [1.82, 2.24) is 4.90 Å². The van der Waals surface area contributed by atoms with Gasteiger partial charge in [0.05, 0.1) is 6.10 Å². The van der Waals surface area contributed by atoms with E-state index < -0.39 is 6.04 Å². The van der Waals surface area contributed by atoms with Crippen molar-refractivity contribution in [3.05, 3.63) is 35.9 Å². The van der Waals surface area contributed by atoms with Crippen LogP contribution in [0.25, 0.3) is 0 Å². The fourth-order valence-corrected chi connectivity index (χ4v) is 2.31. The minimum atomic E-state index is -0.551. The van der Waals surface area contributed by atoms with Crippen molar-refractivity contribution in [3.63, 3.8) is 0 Å². The molecule has 1 fully saturated rings. The van der Waals surface area contributed by atoms with Crippen LogP contribution in [0.15, 0.2) is 30.3 Å². The first-order valence-electron chi connectivity index (χ1n) is 6.34. The van der Waals surface area contributed by atoms with Gasteiger partial charge in [0.1, 0.15) is 6.04 Å². The summed E-state index contributed by atoms with van der Waals surface area (Å²) in [6.07, 6.45) is 2.06. The van der Waals surface area contributed by atoms with Crippen LogP contribution in [0.4, 0.5) is 0 Å². The van der Waals surface area contributed by atoms with E-state index in [1.54, 1.807) is 7.11 Å². The number of rotatable bonds is 3. The number of amides is 1. The van der Waals surface area contributed by atoms with Gasteiger partial charge >= 0.3 is 0 Å². The molecule has 18 heavy (non-hydrogen) atoms. The highest BCUT2D eigenvalue weighted by Gasteiger charge is 2.26. The molecular formula is C14H20N2O2. The van der Waals surface area contributed by atoms with Crippen LogP contribution in [0.1, 0.15) is 24.4 Å². The lowest BCUT2D eigenvalue weighted by molar-refractivity contribution is -0.135. The summed E-state index contributed by atoms with van der Waals surface area (Å²) in [4.78, 5) is 14.1. The smallest absolute Gasteiger partial charge is 0.244 e. The Kier molecular flexibility index (Phi) is 4.33. The maximum atomic E-state index is 12.3. The van der Waals surface area contributed by atoms with Crippen LogP contribution in [0.3, 0.4) is 0 Å². The first-order valence-corrected chi connectivity index (χ1v) is 6.34. The van der Waals surface area contributed by atoms with E-state index in [1.807, 2.05) is 35.2 Å². The summed E-state index contributed by atoms with van der Waals surface area (Å²) in [5, 5.41) is 0. The maximum Gasteiger partial charge on any atom is 0.244 e. The van der Waals surface area contributed by atoms with Crippen molar-refractivity contribution in [3.8, 4) is 0 Å². The fourth-order valence-electron chi connectivity index (χ4n) is 2.31. The average Bonchev–Trinajstić information content (AvgIpc) is 2.47. The number of hydrogen-bond acceptors (Lipinski definition) is 3. The number of piperidine rings is 1. The van der Waals surface area contributed by atoms with Gasteiger partial charge in [0.15, 0.2) is 0 Å². The molecule has 0 radical (unpaired) electrons. The zero-order valence-corrected chi connectivity index (χ0v) is 10.7. The van der Waals surface area contributed by atoms with Gasteiger partial charge in [-0.25, -0.2) is 0 Å². The molecule has 98 valence electrons. The van der Waals surface area contributed by atoms with Crippen LogP contribution in [0, 0.1) is 0 Å². The number of carbonyl (C=O) groups is 1. The SMILES string of the molecule is COC1CCN(C(=O)[C@@H](N)c2ccccc2)CC1. The Bertz CT molecular complexity index is 386. The predicted molar refractivity (Wildman–Crippen MR) is 70.0 cm³/mol. The number of hydrogen-bond donors (Lipinski definition) is 1. The summed E-state index contributed by atoms with van der Waals surface area (Å²) >= 11 is 0. The van der Waals surface area contributed by atoms with Crippen LogP contribution >= 0.6 is 0 Å². The molecule has 0 saturated carbocycles. The molecule has 0 bridgehead atoms. The highest BCUT2D eigenvalue weighted by atomic mass is 16.5. The Morgan fingerprint density at radius 3 is 2.50 bits per heavy atom. The summed E-state index contributed by atoms with van der Waals surface area (Å²) in [5.41, 5.74) is 6.89. The Labute approximate surface area is 108 Å². The standard InChI is InChI=1S/C14H20N2O2/c1-18-12-7-9-16(10-8-12)14(17)13(15)11-5-3-2-4-6-11/h2-6,12-13H,7-10,15H2,1H3/t13-/m0/s1. The van der Waals surface area contributed by atoms with Crippen molar-refractivity contribution >= 4 is 5.91 Å². The molecule has 1 atom stereocenters. The lowest BCUT2D eigenvalue weighted by atomic mass is 10.0. The van der Waals surface area contributed by atoms with Crippen molar-refractivity contribution in [2.75, 3.05) is 20.2 Å². The van der Waals surface area contributed by atoms with Gasteiger partial charge in [-0.15, -0.1) is 0 Å². The molecule has 1 aliphatic heterocycles. The molecule has 0 aliphatic carbocycles. The van der Waals surface area contributed by atoms with Gasteiger partial charge in [0, 0.05) is 20.2 Å². The Morgan fingerprint density at radius 2 is 1.94 bits per heavy atom. The van der Waals surface area contributed by atoms with E-state index in [0.29, 0.717) is 0 Å². The molecule has 1 aliphatic rings. The largest absolute Gasteiger partial charge is 0.381 e. The molecule has 0 spiro atoms. The van der Waals surface area contributed by atoms with Crippen molar-refractivity contribution in [2.24, 2.45) is 5.73 Å². The molecule has 1 amide bonds. The van der Waals surface area contributed by atoms with Crippen LogP contribution in [0.5, 0.6) is 0 Å². The third-order valence-electron chi connectivity index (χ3n) is 3.51. The molecule has 1 aromatic carbocycles. The average molecular weight is 248 g/mol. The number of carbonyl (C=O) groups excluding carboxylic acids is 1. The molecule has 4 nitrogen and oxygen atoms in total. The predicted octanol–water partition coefficient (Wildman–Crippen LogP) is 1.32. The number of ether oxygens (including phenoxy) is 1. The van der Waals surface area contributed by atoms with E-state index in [-0.39, 0.29) is 12.0 Å². The molecule has 0 aromatic heterocycles. The van der Waals surface area contributed by atoms with Crippen molar-refractivity contribution < 1.29 is 9.53 Å². The van der Waals surface area contributed by atoms with Gasteiger partial charge in [-0.1, -0.05) is 30.3 Å². The summed E-state index contributed by atoms with van der Waals surface area (Å²) in [6.45, 7) is 1.47. The Balaban J connectivity index is 1.96. The van der Waals surface area contributed by atoms with Gasteiger partial charge in [-0.2, -0.15) is 0 Å². The third-order valence-corrected chi connectivity index (χ3v) is 3.51. The van der Waals surface area contributed by atoms with Crippen molar-refractivity contribution in [1.29, 1.82) is 0 Å². The molecule has 0 unspecified atom stereocenters. The zero-order chi connectivity index (χ0) is 13.0. The second-order valence-corrected chi connectivity index (χ2v) is 4.65. The van der Waals surface area contributed by atoms with E-state index in [9.17, 15) is 4.79 Å². The molecule has 4 heteroatoms. The van der Waals surface area contributed by atoms with Gasteiger partial charge in [0.25, 0.3) is 0 Å². The quantitative estimate of drug-likeness (QED) is 0.878. The van der Waals surface area contributed by atoms with E-state index >= 15 is 0 Å². The second kappa shape index (κ2) is 5.98. The van der Waals surface area contributed by atoms with Gasteiger partial charge in [-0.05, 0) is 18.4 Å². The molecule has 1 heterocycles. The topological polar surface area (TPSA) is 55.6 Å². The third kappa shape index (κ3) is 2.89. The fraction of sp³-hybridized carbons (Fsp3) is 0.500. The number of benzene rings is 1. The summed E-state index contributed by atoms with van der Waals surface area (Å²) in [5.74, 6) is 0.00996. The van der Waals surface area contributed by atoms with Gasteiger partial charge in [-0.3, -0.25) is 4.79 Å². The maximum absolute atomic E-state index is 12.3. The van der Waals surface area contributed by atoms with E-state index in [2.05, 4.69) is 0 Å². The van der Waals surface area contributed by atoms with Crippen LogP contribution in [-0.4, -0.2) is 37.1 Å². The molecular weight excluding hydrogens is 228 g/mol. The number of nitrogens with zero attached hydrogens (tertiary/aromatic N) is 1. The molecule has 2 N–H and O–H groups in total. The van der Waals surface area contributed by atoms with Crippen LogP contribution < -0.4 is 5.73 Å². The highest BCUT2D eigenvalue weighted by molar-refractivity contribution is 5.83. The number of methoxy groups -OCH3 is 1. The summed E-state index contributed by atoms with van der Waals surface area (Å²) < 4.78 is 5.30. The normalized spacial score (nSPS) is 18.7. The monoisotopic (exact) mass is 248 g/mol. The minimum Gasteiger partial charge on any atom is -0.381 e. The Hall–Kier alpha value is -1.39. The first-order chi connectivity index (χ1) is 8.72. The zero-order valence-electron chi connectivity index (χ0n) is 10.7. The number of nitrogens with two attached hydrogens (primary N) is 1. The lowest BCUT2D eigenvalue weighted by Crippen LogP contribution is -2.44. The van der Waals surface area contributed by atoms with Crippen LogP contribution in [-0.2, 0) is 9.53 Å². The summed E-state index contributed by atoms with van der Waals surface area (Å²) in [7, 11) is 1.72. The van der Waals surface area contributed by atoms with E-state index in [0.717, 1.165) is 31.5 Å². The van der Waals surface area contributed by atoms with E-state index in [4.69, 9.17) is 10.5 Å². The summed E-state index contributed by atoms with van der Waals surface area (Å²) in [6, 6.07) is 8.96. The molecule has 1 aromatic rings. The molecule has 2 rings (SSSR count). The first kappa shape index (κ1) is 13.1.